The van der Waals surface area contributed by atoms with E-state index in [9.17, 15) is 14.4 Å². The maximum Gasteiger partial charge on any atom is 0.233 e. The molecule has 136 valence electrons. The van der Waals surface area contributed by atoms with Crippen molar-refractivity contribution in [3.8, 4) is 0 Å². The Morgan fingerprint density at radius 2 is 1.85 bits per heavy atom. The van der Waals surface area contributed by atoms with Crippen LogP contribution in [-0.4, -0.2) is 34.2 Å². The standard InChI is InChI=1S/C19H21N3O3S/c23-16(20-11-17-21-14-7-3-4-8-15(14)26-17)9-10-22-18(24)12-5-1-2-6-13(12)19(22)25/h3-4,7-8,12-13H,1-2,5-6,9-11H2,(H,20,23). The summed E-state index contributed by atoms with van der Waals surface area (Å²) < 4.78 is 1.09. The molecule has 0 spiro atoms. The van der Waals surface area contributed by atoms with Crippen LogP contribution in [0.4, 0.5) is 0 Å². The smallest absolute Gasteiger partial charge is 0.233 e. The van der Waals surface area contributed by atoms with Crippen molar-refractivity contribution in [3.05, 3.63) is 29.3 Å². The Balaban J connectivity index is 1.30. The summed E-state index contributed by atoms with van der Waals surface area (Å²) in [5.41, 5.74) is 0.928. The number of hydrogen-bond acceptors (Lipinski definition) is 5. The molecule has 1 aliphatic carbocycles. The zero-order valence-corrected chi connectivity index (χ0v) is 15.3. The third-order valence-electron chi connectivity index (χ3n) is 5.27. The molecule has 2 aromatic rings. The Bertz CT molecular complexity index is 806. The number of nitrogens with zero attached hydrogens (tertiary/aromatic N) is 2. The highest BCUT2D eigenvalue weighted by Gasteiger charge is 2.47. The first-order chi connectivity index (χ1) is 12.6. The van der Waals surface area contributed by atoms with Crippen LogP contribution in [0.1, 0.15) is 37.1 Å². The molecule has 0 bridgehead atoms. The summed E-state index contributed by atoms with van der Waals surface area (Å²) >= 11 is 1.55. The predicted molar refractivity (Wildman–Crippen MR) is 98.3 cm³/mol. The van der Waals surface area contributed by atoms with E-state index in [0.717, 1.165) is 40.9 Å². The Kier molecular flexibility index (Phi) is 4.72. The highest BCUT2D eigenvalue weighted by Crippen LogP contribution is 2.37. The van der Waals surface area contributed by atoms with Crippen LogP contribution in [0, 0.1) is 11.8 Å². The second-order valence-electron chi connectivity index (χ2n) is 6.93. The van der Waals surface area contributed by atoms with Gasteiger partial charge in [-0.05, 0) is 25.0 Å². The number of likely N-dealkylation sites (tertiary alicyclic amines) is 1. The van der Waals surface area contributed by atoms with E-state index >= 15 is 0 Å². The van der Waals surface area contributed by atoms with Crippen LogP contribution in [0.25, 0.3) is 10.2 Å². The van der Waals surface area contributed by atoms with Crippen molar-refractivity contribution >= 4 is 39.3 Å². The predicted octanol–water partition coefficient (Wildman–Crippen LogP) is 2.48. The number of benzene rings is 1. The highest BCUT2D eigenvalue weighted by atomic mass is 32.1. The number of carbonyl (C=O) groups excluding carboxylic acids is 3. The molecule has 4 rings (SSSR count). The fraction of sp³-hybridized carbons (Fsp3) is 0.474. The van der Waals surface area contributed by atoms with Crippen LogP contribution in [0.3, 0.4) is 0 Å². The van der Waals surface area contributed by atoms with Crippen LogP contribution >= 0.6 is 11.3 Å². The maximum atomic E-state index is 12.4. The van der Waals surface area contributed by atoms with Crippen molar-refractivity contribution in [2.75, 3.05) is 6.54 Å². The van der Waals surface area contributed by atoms with Gasteiger partial charge in [-0.1, -0.05) is 25.0 Å². The molecule has 2 heterocycles. The number of rotatable bonds is 5. The van der Waals surface area contributed by atoms with E-state index in [1.54, 1.807) is 11.3 Å². The zero-order valence-electron chi connectivity index (χ0n) is 14.4. The molecule has 1 saturated heterocycles. The number of imide groups is 1. The van der Waals surface area contributed by atoms with Crippen LogP contribution in [-0.2, 0) is 20.9 Å². The molecule has 0 radical (unpaired) electrons. The van der Waals surface area contributed by atoms with Gasteiger partial charge in [-0.2, -0.15) is 0 Å². The molecule has 2 unspecified atom stereocenters. The van der Waals surface area contributed by atoms with Gasteiger partial charge in [0.05, 0.1) is 28.6 Å². The first kappa shape index (κ1) is 17.1. The fourth-order valence-corrected chi connectivity index (χ4v) is 4.83. The third-order valence-corrected chi connectivity index (χ3v) is 6.31. The summed E-state index contributed by atoms with van der Waals surface area (Å²) in [5, 5.41) is 3.68. The van der Waals surface area contributed by atoms with Crippen molar-refractivity contribution in [2.45, 2.75) is 38.6 Å². The number of amides is 3. The first-order valence-electron chi connectivity index (χ1n) is 9.10. The second kappa shape index (κ2) is 7.15. The Hall–Kier alpha value is -2.28. The van der Waals surface area contributed by atoms with E-state index in [1.165, 1.54) is 4.90 Å². The molecular weight excluding hydrogens is 350 g/mol. The molecule has 1 aromatic heterocycles. The molecule has 1 N–H and O–H groups in total. The molecule has 2 fully saturated rings. The van der Waals surface area contributed by atoms with Crippen molar-refractivity contribution in [1.82, 2.24) is 15.2 Å². The Morgan fingerprint density at radius 3 is 2.54 bits per heavy atom. The Morgan fingerprint density at radius 1 is 1.15 bits per heavy atom. The van der Waals surface area contributed by atoms with Crippen LogP contribution in [0.15, 0.2) is 24.3 Å². The molecule has 1 aliphatic heterocycles. The molecule has 1 aromatic carbocycles. The van der Waals surface area contributed by atoms with E-state index in [-0.39, 0.29) is 42.5 Å². The number of fused-ring (bicyclic) bond motifs is 2. The van der Waals surface area contributed by atoms with E-state index < -0.39 is 0 Å². The lowest BCUT2D eigenvalue weighted by Gasteiger charge is -2.19. The number of para-hydroxylation sites is 1. The minimum absolute atomic E-state index is 0.0846. The summed E-state index contributed by atoms with van der Waals surface area (Å²) in [6, 6.07) is 7.85. The lowest BCUT2D eigenvalue weighted by Crippen LogP contribution is -2.35. The third kappa shape index (κ3) is 3.23. The molecular formula is C19H21N3O3S. The number of nitrogens with one attached hydrogen (secondary N) is 1. The summed E-state index contributed by atoms with van der Waals surface area (Å²) in [4.78, 5) is 42.7. The van der Waals surface area contributed by atoms with Gasteiger partial charge in [-0.25, -0.2) is 4.98 Å². The molecule has 7 heteroatoms. The van der Waals surface area contributed by atoms with Crippen molar-refractivity contribution in [2.24, 2.45) is 11.8 Å². The van der Waals surface area contributed by atoms with Gasteiger partial charge in [0.1, 0.15) is 5.01 Å². The van der Waals surface area contributed by atoms with E-state index in [1.807, 2.05) is 24.3 Å². The van der Waals surface area contributed by atoms with E-state index in [0.29, 0.717) is 6.54 Å². The summed E-state index contributed by atoms with van der Waals surface area (Å²) in [6.45, 7) is 0.543. The van der Waals surface area contributed by atoms with Crippen molar-refractivity contribution in [3.63, 3.8) is 0 Å². The number of aromatic nitrogens is 1. The molecule has 6 nitrogen and oxygen atoms in total. The van der Waals surface area contributed by atoms with Gasteiger partial charge in [0.15, 0.2) is 0 Å². The Labute approximate surface area is 155 Å². The minimum Gasteiger partial charge on any atom is -0.350 e. The normalized spacial score (nSPS) is 22.7. The largest absolute Gasteiger partial charge is 0.350 e. The summed E-state index contributed by atoms with van der Waals surface area (Å²) in [7, 11) is 0. The number of thiazole rings is 1. The second-order valence-corrected chi connectivity index (χ2v) is 8.04. The van der Waals surface area contributed by atoms with Crippen LogP contribution < -0.4 is 5.32 Å². The first-order valence-corrected chi connectivity index (χ1v) is 9.91. The minimum atomic E-state index is -0.167. The van der Waals surface area contributed by atoms with Gasteiger partial charge >= 0.3 is 0 Å². The van der Waals surface area contributed by atoms with Gasteiger partial charge in [-0.3, -0.25) is 19.3 Å². The van der Waals surface area contributed by atoms with Crippen molar-refractivity contribution < 1.29 is 14.4 Å². The number of hydrogen-bond donors (Lipinski definition) is 1. The lowest BCUT2D eigenvalue weighted by atomic mass is 9.81. The average Bonchev–Trinajstić information content (AvgIpc) is 3.18. The molecule has 2 aliphatic rings. The molecule has 3 amide bonds. The van der Waals surface area contributed by atoms with Gasteiger partial charge < -0.3 is 5.32 Å². The average molecular weight is 371 g/mol. The topological polar surface area (TPSA) is 79.4 Å². The van der Waals surface area contributed by atoms with Gasteiger partial charge in [0, 0.05) is 13.0 Å². The van der Waals surface area contributed by atoms with Gasteiger partial charge in [-0.15, -0.1) is 11.3 Å². The van der Waals surface area contributed by atoms with E-state index in [2.05, 4.69) is 10.3 Å². The SMILES string of the molecule is O=C(CCN1C(=O)C2CCCCC2C1=O)NCc1nc2ccccc2s1. The molecule has 2 atom stereocenters. The monoisotopic (exact) mass is 371 g/mol. The van der Waals surface area contributed by atoms with Crippen molar-refractivity contribution in [1.29, 1.82) is 0 Å². The summed E-state index contributed by atoms with van der Waals surface area (Å²) in [5.74, 6) is -0.638. The van der Waals surface area contributed by atoms with E-state index in [4.69, 9.17) is 0 Å². The molecule has 1 saturated carbocycles. The zero-order chi connectivity index (χ0) is 18.1. The lowest BCUT2D eigenvalue weighted by molar-refractivity contribution is -0.140. The van der Waals surface area contributed by atoms with Gasteiger partial charge in [0.25, 0.3) is 0 Å². The highest BCUT2D eigenvalue weighted by molar-refractivity contribution is 7.18. The fourth-order valence-electron chi connectivity index (χ4n) is 3.92. The summed E-state index contributed by atoms with van der Waals surface area (Å²) in [6.07, 6.45) is 3.76. The molecule has 26 heavy (non-hydrogen) atoms. The van der Waals surface area contributed by atoms with Gasteiger partial charge in [0.2, 0.25) is 17.7 Å². The quantitative estimate of drug-likeness (QED) is 0.819. The number of carbonyl (C=O) groups is 3. The van der Waals surface area contributed by atoms with Crippen LogP contribution in [0.5, 0.6) is 0 Å². The van der Waals surface area contributed by atoms with Crippen LogP contribution in [0.2, 0.25) is 0 Å². The maximum absolute atomic E-state index is 12.4.